The number of sulfonamides is 1. The summed E-state index contributed by atoms with van der Waals surface area (Å²) in [6.07, 6.45) is 1.73. The number of ether oxygens (including phenoxy) is 1. The number of anilines is 1. The highest BCUT2D eigenvalue weighted by atomic mass is 32.2. The van der Waals surface area contributed by atoms with Crippen molar-refractivity contribution in [3.05, 3.63) is 53.6 Å². The maximum Gasteiger partial charge on any atom is 0.268 e. The van der Waals surface area contributed by atoms with E-state index in [1.807, 2.05) is 25.1 Å². The topological polar surface area (TPSA) is 46.6 Å². The summed E-state index contributed by atoms with van der Waals surface area (Å²) in [6.45, 7) is 2.47. The molecule has 0 aromatic heterocycles. The minimum atomic E-state index is -3.63. The van der Waals surface area contributed by atoms with E-state index < -0.39 is 10.0 Å². The van der Waals surface area contributed by atoms with E-state index in [-0.39, 0.29) is 4.90 Å². The van der Waals surface area contributed by atoms with Crippen molar-refractivity contribution in [3.8, 4) is 5.75 Å². The highest BCUT2D eigenvalue weighted by molar-refractivity contribution is 7.93. The summed E-state index contributed by atoms with van der Waals surface area (Å²) in [6, 6.07) is 12.8. The molecule has 3 rings (SSSR count). The maximum atomic E-state index is 13.1. The van der Waals surface area contributed by atoms with Crippen molar-refractivity contribution in [1.82, 2.24) is 0 Å². The molecule has 0 saturated carbocycles. The molecule has 0 atom stereocenters. The largest absolute Gasteiger partial charge is 0.495 e. The van der Waals surface area contributed by atoms with Crippen molar-refractivity contribution in [2.24, 2.45) is 0 Å². The Bertz CT molecular complexity index is 799. The predicted molar refractivity (Wildman–Crippen MR) is 87.0 cm³/mol. The van der Waals surface area contributed by atoms with E-state index in [4.69, 9.17) is 4.74 Å². The number of hydrogen-bond acceptors (Lipinski definition) is 3. The molecule has 0 radical (unpaired) electrons. The predicted octanol–water partition coefficient (Wildman–Crippen LogP) is 3.15. The zero-order valence-electron chi connectivity index (χ0n) is 12.7. The van der Waals surface area contributed by atoms with Gasteiger partial charge in [0.05, 0.1) is 12.8 Å². The molecule has 1 heterocycles. The molecule has 0 N–H and O–H groups in total. The molecule has 4 nitrogen and oxygen atoms in total. The molecule has 1 aliphatic rings. The molecule has 2 aromatic carbocycles. The maximum absolute atomic E-state index is 13.1. The third kappa shape index (κ3) is 2.46. The van der Waals surface area contributed by atoms with Crippen molar-refractivity contribution in [1.29, 1.82) is 0 Å². The molecule has 5 heteroatoms. The van der Waals surface area contributed by atoms with Crippen molar-refractivity contribution >= 4 is 15.7 Å². The first-order valence-electron chi connectivity index (χ1n) is 7.29. The van der Waals surface area contributed by atoms with E-state index in [9.17, 15) is 8.42 Å². The molecule has 22 heavy (non-hydrogen) atoms. The lowest BCUT2D eigenvalue weighted by atomic mass is 10.0. The Hall–Kier alpha value is -2.01. The van der Waals surface area contributed by atoms with Gasteiger partial charge in [0.25, 0.3) is 10.0 Å². The van der Waals surface area contributed by atoms with Gasteiger partial charge in [0.2, 0.25) is 0 Å². The Morgan fingerprint density at radius 1 is 1.14 bits per heavy atom. The average molecular weight is 317 g/mol. The fourth-order valence-corrected chi connectivity index (χ4v) is 4.54. The molecular formula is C17H19NO3S. The summed E-state index contributed by atoms with van der Waals surface area (Å²) in [5.74, 6) is 0.377. The van der Waals surface area contributed by atoms with Crippen LogP contribution in [0.4, 0.5) is 5.69 Å². The Kier molecular flexibility index (Phi) is 3.83. The number of hydrogen-bond donors (Lipinski definition) is 0. The van der Waals surface area contributed by atoms with Gasteiger partial charge in [0, 0.05) is 6.54 Å². The molecule has 0 spiro atoms. The summed E-state index contributed by atoms with van der Waals surface area (Å²) in [5, 5.41) is 0. The highest BCUT2D eigenvalue weighted by Crippen LogP contribution is 2.35. The number of para-hydroxylation sites is 1. The minimum Gasteiger partial charge on any atom is -0.495 e. The summed E-state index contributed by atoms with van der Waals surface area (Å²) >= 11 is 0. The Balaban J connectivity index is 2.14. The highest BCUT2D eigenvalue weighted by Gasteiger charge is 2.31. The number of fused-ring (bicyclic) bond motifs is 1. The van der Waals surface area contributed by atoms with Crippen LogP contribution in [0.15, 0.2) is 47.4 Å². The van der Waals surface area contributed by atoms with E-state index >= 15 is 0 Å². The lowest BCUT2D eigenvalue weighted by Crippen LogP contribution is -2.35. The number of aryl methyl sites for hydroxylation is 2. The number of benzene rings is 2. The zero-order chi connectivity index (χ0) is 15.7. The van der Waals surface area contributed by atoms with Gasteiger partial charge in [0.15, 0.2) is 0 Å². The van der Waals surface area contributed by atoms with Gasteiger partial charge in [-0.3, -0.25) is 4.31 Å². The molecule has 0 aliphatic carbocycles. The number of methoxy groups -OCH3 is 1. The summed E-state index contributed by atoms with van der Waals surface area (Å²) in [7, 11) is -2.14. The standard InChI is InChI=1S/C17H19NO3S/c1-13-9-10-14-6-5-11-18(15(14)12-13)22(19,20)17-8-4-3-7-16(17)21-2/h3-4,7-10,12H,5-6,11H2,1-2H3. The first-order chi connectivity index (χ1) is 10.5. The number of rotatable bonds is 3. The van der Waals surface area contributed by atoms with E-state index in [0.717, 1.165) is 29.7 Å². The van der Waals surface area contributed by atoms with Crippen LogP contribution in [0.2, 0.25) is 0 Å². The minimum absolute atomic E-state index is 0.215. The van der Waals surface area contributed by atoms with E-state index in [0.29, 0.717) is 12.3 Å². The van der Waals surface area contributed by atoms with Gasteiger partial charge in [-0.05, 0) is 49.1 Å². The van der Waals surface area contributed by atoms with Gasteiger partial charge >= 0.3 is 0 Å². The van der Waals surface area contributed by atoms with Crippen molar-refractivity contribution in [3.63, 3.8) is 0 Å². The van der Waals surface area contributed by atoms with Gasteiger partial charge in [-0.15, -0.1) is 0 Å². The Labute approximate surface area is 131 Å². The van der Waals surface area contributed by atoms with Crippen LogP contribution in [-0.2, 0) is 16.4 Å². The Morgan fingerprint density at radius 3 is 2.68 bits per heavy atom. The SMILES string of the molecule is COc1ccccc1S(=O)(=O)N1CCCc2ccc(C)cc21. The second-order valence-electron chi connectivity index (χ2n) is 5.46. The second kappa shape index (κ2) is 5.65. The second-order valence-corrected chi connectivity index (χ2v) is 7.29. The van der Waals surface area contributed by atoms with Crippen LogP contribution < -0.4 is 9.04 Å². The van der Waals surface area contributed by atoms with Crippen molar-refractivity contribution in [2.45, 2.75) is 24.7 Å². The van der Waals surface area contributed by atoms with Crippen LogP contribution in [0.3, 0.4) is 0 Å². The lowest BCUT2D eigenvalue weighted by molar-refractivity contribution is 0.402. The fourth-order valence-electron chi connectivity index (χ4n) is 2.85. The van der Waals surface area contributed by atoms with E-state index in [1.54, 1.807) is 24.3 Å². The van der Waals surface area contributed by atoms with Crippen LogP contribution >= 0.6 is 0 Å². The summed E-state index contributed by atoms with van der Waals surface area (Å²) in [4.78, 5) is 0.215. The van der Waals surface area contributed by atoms with E-state index in [1.165, 1.54) is 11.4 Å². The molecule has 2 aromatic rings. The molecule has 0 unspecified atom stereocenters. The van der Waals surface area contributed by atoms with Crippen molar-refractivity contribution in [2.75, 3.05) is 18.0 Å². The molecular weight excluding hydrogens is 298 g/mol. The summed E-state index contributed by atoms with van der Waals surface area (Å²) < 4.78 is 32.9. The molecule has 0 fully saturated rings. The van der Waals surface area contributed by atoms with Gasteiger partial charge in [-0.2, -0.15) is 0 Å². The molecule has 0 saturated heterocycles. The smallest absolute Gasteiger partial charge is 0.268 e. The van der Waals surface area contributed by atoms with Crippen LogP contribution in [0.1, 0.15) is 17.5 Å². The lowest BCUT2D eigenvalue weighted by Gasteiger charge is -2.31. The average Bonchev–Trinajstić information content (AvgIpc) is 2.54. The summed E-state index contributed by atoms with van der Waals surface area (Å²) in [5.41, 5.74) is 2.92. The van der Waals surface area contributed by atoms with Gasteiger partial charge in [0.1, 0.15) is 10.6 Å². The van der Waals surface area contributed by atoms with Crippen molar-refractivity contribution < 1.29 is 13.2 Å². The first-order valence-corrected chi connectivity index (χ1v) is 8.73. The fraction of sp³-hybridized carbons (Fsp3) is 0.294. The van der Waals surface area contributed by atoms with Crippen LogP contribution in [-0.4, -0.2) is 22.1 Å². The van der Waals surface area contributed by atoms with Crippen LogP contribution in [0.5, 0.6) is 5.75 Å². The van der Waals surface area contributed by atoms with E-state index in [2.05, 4.69) is 0 Å². The molecule has 1 aliphatic heterocycles. The Morgan fingerprint density at radius 2 is 1.91 bits per heavy atom. The molecule has 0 amide bonds. The third-order valence-corrected chi connectivity index (χ3v) is 5.81. The molecule has 116 valence electrons. The third-order valence-electron chi connectivity index (χ3n) is 3.95. The van der Waals surface area contributed by atoms with Gasteiger partial charge in [-0.1, -0.05) is 24.3 Å². The van der Waals surface area contributed by atoms with Gasteiger partial charge < -0.3 is 4.74 Å². The zero-order valence-corrected chi connectivity index (χ0v) is 13.6. The van der Waals surface area contributed by atoms with Crippen LogP contribution in [0, 0.1) is 6.92 Å². The normalized spacial score (nSPS) is 14.5. The molecule has 0 bridgehead atoms. The monoisotopic (exact) mass is 317 g/mol. The van der Waals surface area contributed by atoms with Crippen LogP contribution in [0.25, 0.3) is 0 Å². The quantitative estimate of drug-likeness (QED) is 0.873. The number of nitrogens with zero attached hydrogens (tertiary/aromatic N) is 1. The first kappa shape index (κ1) is 14.9. The van der Waals surface area contributed by atoms with Gasteiger partial charge in [-0.25, -0.2) is 8.42 Å².